The summed E-state index contributed by atoms with van der Waals surface area (Å²) >= 11 is 0. The summed E-state index contributed by atoms with van der Waals surface area (Å²) in [6.07, 6.45) is 5.15. The third-order valence-electron chi connectivity index (χ3n) is 4.36. The number of likely N-dealkylation sites (N-methyl/N-ethyl adjacent to an activating group) is 1. The lowest BCUT2D eigenvalue weighted by Gasteiger charge is -2.20. The van der Waals surface area contributed by atoms with Crippen LogP contribution in [0.5, 0.6) is 5.88 Å². The van der Waals surface area contributed by atoms with Crippen LogP contribution in [-0.2, 0) is 7.05 Å². The highest BCUT2D eigenvalue weighted by Crippen LogP contribution is 2.27. The van der Waals surface area contributed by atoms with Gasteiger partial charge < -0.3 is 19.5 Å². The number of imidazole rings is 1. The Bertz CT molecular complexity index is 744. The van der Waals surface area contributed by atoms with Crippen LogP contribution in [0.2, 0.25) is 0 Å². The van der Waals surface area contributed by atoms with E-state index in [-0.39, 0.29) is 17.9 Å². The van der Waals surface area contributed by atoms with Crippen molar-refractivity contribution in [3.05, 3.63) is 35.8 Å². The van der Waals surface area contributed by atoms with Crippen molar-refractivity contribution in [2.45, 2.75) is 18.9 Å². The fourth-order valence-electron chi connectivity index (χ4n) is 3.18. The molecule has 0 spiro atoms. The molecular formula is C16H22N6O2. The van der Waals surface area contributed by atoms with Crippen LogP contribution in [0.15, 0.2) is 18.7 Å². The van der Waals surface area contributed by atoms with Crippen molar-refractivity contribution in [2.75, 3.05) is 27.2 Å². The summed E-state index contributed by atoms with van der Waals surface area (Å²) in [4.78, 5) is 27.3. The average Bonchev–Trinajstić information content (AvgIpc) is 3.12. The maximum absolute atomic E-state index is 12.7. The van der Waals surface area contributed by atoms with Crippen LogP contribution in [0.3, 0.4) is 0 Å². The first-order valence-corrected chi connectivity index (χ1v) is 7.83. The molecule has 8 heteroatoms. The van der Waals surface area contributed by atoms with E-state index < -0.39 is 0 Å². The van der Waals surface area contributed by atoms with Gasteiger partial charge in [-0.3, -0.25) is 4.79 Å². The smallest absolute Gasteiger partial charge is 0.258 e. The molecule has 1 fully saturated rings. The predicted molar refractivity (Wildman–Crippen MR) is 88.0 cm³/mol. The Morgan fingerprint density at radius 3 is 2.79 bits per heavy atom. The minimum atomic E-state index is -0.223. The Kier molecular flexibility index (Phi) is 4.48. The molecule has 2 atom stereocenters. The molecule has 1 aliphatic heterocycles. The summed E-state index contributed by atoms with van der Waals surface area (Å²) in [5, 5.41) is 3.10. The van der Waals surface area contributed by atoms with Crippen LogP contribution in [0.1, 0.15) is 27.8 Å². The van der Waals surface area contributed by atoms with E-state index in [1.807, 2.05) is 24.9 Å². The number of aryl methyl sites for hydroxylation is 2. The zero-order valence-electron chi connectivity index (χ0n) is 14.4. The van der Waals surface area contributed by atoms with Crippen LogP contribution in [-0.4, -0.2) is 63.6 Å². The number of carbonyl (C=O) groups is 1. The van der Waals surface area contributed by atoms with Gasteiger partial charge in [0.25, 0.3) is 5.91 Å². The molecular weight excluding hydrogens is 308 g/mol. The number of aromatic nitrogens is 4. The van der Waals surface area contributed by atoms with E-state index in [0.29, 0.717) is 17.3 Å². The van der Waals surface area contributed by atoms with Crippen molar-refractivity contribution in [1.82, 2.24) is 29.7 Å². The predicted octanol–water partition coefficient (Wildman–Crippen LogP) is 0.355. The van der Waals surface area contributed by atoms with Crippen LogP contribution < -0.4 is 10.1 Å². The van der Waals surface area contributed by atoms with Gasteiger partial charge in [0.2, 0.25) is 5.88 Å². The minimum Gasteiger partial charge on any atom is -0.480 e. The van der Waals surface area contributed by atoms with Gasteiger partial charge in [0.1, 0.15) is 11.4 Å². The first-order valence-electron chi connectivity index (χ1n) is 7.83. The molecule has 0 unspecified atom stereocenters. The van der Waals surface area contributed by atoms with Gasteiger partial charge in [-0.1, -0.05) is 0 Å². The standard InChI is InChI=1S/C16H22N6O2/c1-10-18-5-11(16(19-10)24-4)15(23)20-13-8-21(2)7-12(13)14-6-17-9-22(14)3/h5-6,9,12-13H,7-8H2,1-4H3,(H,20,23)/t12-,13-/m1/s1. The number of likely N-dealkylation sites (tertiary alicyclic amines) is 1. The molecule has 3 rings (SSSR count). The maximum Gasteiger partial charge on any atom is 0.258 e. The second kappa shape index (κ2) is 6.56. The van der Waals surface area contributed by atoms with Gasteiger partial charge in [-0.05, 0) is 14.0 Å². The number of amides is 1. The highest BCUT2D eigenvalue weighted by atomic mass is 16.5. The quantitative estimate of drug-likeness (QED) is 0.871. The van der Waals surface area contributed by atoms with Gasteiger partial charge >= 0.3 is 0 Å². The lowest BCUT2D eigenvalue weighted by atomic mass is 10.00. The molecule has 2 aromatic heterocycles. The van der Waals surface area contributed by atoms with Crippen molar-refractivity contribution >= 4 is 5.91 Å². The first kappa shape index (κ1) is 16.4. The molecule has 0 bridgehead atoms. The molecule has 0 aliphatic carbocycles. The Labute approximate surface area is 140 Å². The van der Waals surface area contributed by atoms with Crippen LogP contribution in [0, 0.1) is 6.92 Å². The first-order chi connectivity index (χ1) is 11.5. The number of ether oxygens (including phenoxy) is 1. The van der Waals surface area contributed by atoms with Crippen molar-refractivity contribution in [2.24, 2.45) is 7.05 Å². The fraction of sp³-hybridized carbons (Fsp3) is 0.500. The van der Waals surface area contributed by atoms with Crippen molar-refractivity contribution in [3.8, 4) is 5.88 Å². The lowest BCUT2D eigenvalue weighted by molar-refractivity contribution is 0.0931. The average molecular weight is 330 g/mol. The fourth-order valence-corrected chi connectivity index (χ4v) is 3.18. The van der Waals surface area contributed by atoms with Crippen molar-refractivity contribution in [1.29, 1.82) is 0 Å². The van der Waals surface area contributed by atoms with Gasteiger partial charge in [0, 0.05) is 44.1 Å². The molecule has 0 radical (unpaired) electrons. The Morgan fingerprint density at radius 1 is 1.33 bits per heavy atom. The maximum atomic E-state index is 12.7. The lowest BCUT2D eigenvalue weighted by Crippen LogP contribution is -2.40. The molecule has 1 saturated heterocycles. The molecule has 0 saturated carbocycles. The van der Waals surface area contributed by atoms with E-state index in [1.165, 1.54) is 13.3 Å². The summed E-state index contributed by atoms with van der Waals surface area (Å²) < 4.78 is 7.21. The highest BCUT2D eigenvalue weighted by Gasteiger charge is 2.35. The summed E-state index contributed by atoms with van der Waals surface area (Å²) in [6, 6.07) is -0.0103. The van der Waals surface area contributed by atoms with Gasteiger partial charge in [0.05, 0.1) is 19.5 Å². The Hall–Kier alpha value is -2.48. The molecule has 128 valence electrons. The van der Waals surface area contributed by atoms with E-state index in [0.717, 1.165) is 18.8 Å². The second-order valence-electron chi connectivity index (χ2n) is 6.18. The Morgan fingerprint density at radius 2 is 2.12 bits per heavy atom. The highest BCUT2D eigenvalue weighted by molar-refractivity contribution is 5.96. The molecule has 0 aromatic carbocycles. The number of carbonyl (C=O) groups excluding carboxylic acids is 1. The van der Waals surface area contributed by atoms with Gasteiger partial charge in [0.15, 0.2) is 0 Å². The Balaban J connectivity index is 1.81. The van der Waals surface area contributed by atoms with E-state index >= 15 is 0 Å². The van der Waals surface area contributed by atoms with Crippen LogP contribution in [0.25, 0.3) is 0 Å². The SMILES string of the molecule is COc1nc(C)ncc1C(=O)N[C@@H]1CN(C)C[C@H]1c1cncn1C. The molecule has 24 heavy (non-hydrogen) atoms. The van der Waals surface area contributed by atoms with E-state index in [1.54, 1.807) is 13.3 Å². The largest absolute Gasteiger partial charge is 0.480 e. The van der Waals surface area contributed by atoms with Crippen molar-refractivity contribution < 1.29 is 9.53 Å². The van der Waals surface area contributed by atoms with Crippen LogP contribution in [0.4, 0.5) is 0 Å². The zero-order chi connectivity index (χ0) is 17.3. The number of hydrogen-bond acceptors (Lipinski definition) is 6. The monoisotopic (exact) mass is 330 g/mol. The number of nitrogens with zero attached hydrogens (tertiary/aromatic N) is 5. The van der Waals surface area contributed by atoms with E-state index in [9.17, 15) is 4.79 Å². The zero-order valence-corrected chi connectivity index (χ0v) is 14.4. The number of methoxy groups -OCH3 is 1. The number of rotatable bonds is 4. The third-order valence-corrected chi connectivity index (χ3v) is 4.36. The number of hydrogen-bond donors (Lipinski definition) is 1. The van der Waals surface area contributed by atoms with Crippen LogP contribution >= 0.6 is 0 Å². The summed E-state index contributed by atoms with van der Waals surface area (Å²) in [6.45, 7) is 3.40. The molecule has 1 N–H and O–H groups in total. The molecule has 1 amide bonds. The summed E-state index contributed by atoms with van der Waals surface area (Å²) in [5.41, 5.74) is 1.46. The topological polar surface area (TPSA) is 85.2 Å². The summed E-state index contributed by atoms with van der Waals surface area (Å²) in [5.74, 6) is 0.823. The van der Waals surface area contributed by atoms with Crippen molar-refractivity contribution in [3.63, 3.8) is 0 Å². The van der Waals surface area contributed by atoms with Gasteiger partial charge in [-0.25, -0.2) is 9.97 Å². The van der Waals surface area contributed by atoms with Gasteiger partial charge in [-0.15, -0.1) is 0 Å². The van der Waals surface area contributed by atoms with E-state index in [4.69, 9.17) is 4.74 Å². The molecule has 3 heterocycles. The van der Waals surface area contributed by atoms with Gasteiger partial charge in [-0.2, -0.15) is 4.98 Å². The normalized spacial score (nSPS) is 21.0. The number of nitrogens with one attached hydrogen (secondary N) is 1. The van der Waals surface area contributed by atoms with E-state index in [2.05, 4.69) is 25.2 Å². The molecule has 2 aromatic rings. The molecule has 8 nitrogen and oxygen atoms in total. The molecule has 1 aliphatic rings. The summed E-state index contributed by atoms with van der Waals surface area (Å²) in [7, 11) is 5.52. The third kappa shape index (κ3) is 3.09. The minimum absolute atomic E-state index is 0.0103. The second-order valence-corrected chi connectivity index (χ2v) is 6.18.